The number of aliphatic carboxylic acids is 1. The summed E-state index contributed by atoms with van der Waals surface area (Å²) in [5, 5.41) is 15.2. The number of aromatic nitrogens is 3. The number of fused-ring (bicyclic) bond motifs is 1. The van der Waals surface area contributed by atoms with Crippen LogP contribution in [0.3, 0.4) is 0 Å². The molecule has 1 aromatic rings. The molecular weight excluding hydrogens is 268 g/mol. The van der Waals surface area contributed by atoms with E-state index in [9.17, 15) is 19.5 Å². The molecule has 1 aromatic heterocycles. The zero-order chi connectivity index (χ0) is 15.1. The van der Waals surface area contributed by atoms with E-state index >= 15 is 0 Å². The highest BCUT2D eigenvalue weighted by Crippen LogP contribution is 2.18. The van der Waals surface area contributed by atoms with E-state index in [1.165, 1.54) is 4.57 Å². The van der Waals surface area contributed by atoms with Crippen molar-refractivity contribution in [1.29, 1.82) is 0 Å². The van der Waals surface area contributed by atoms with Crippen molar-refractivity contribution in [3.8, 4) is 0 Å². The van der Waals surface area contributed by atoms with Crippen LogP contribution in [-0.4, -0.2) is 48.5 Å². The van der Waals surface area contributed by atoms with Gasteiger partial charge < -0.3 is 9.84 Å². The van der Waals surface area contributed by atoms with E-state index in [1.807, 2.05) is 0 Å². The Morgan fingerprint density at radius 2 is 2.10 bits per heavy atom. The largest absolute Gasteiger partial charge is 0.480 e. The first kappa shape index (κ1) is 14.1. The van der Waals surface area contributed by atoms with Crippen LogP contribution in [0.25, 0.3) is 0 Å². The molecule has 0 aliphatic carbocycles. The lowest BCUT2D eigenvalue weighted by atomic mass is 10.2. The topological polar surface area (TPSA) is 118 Å². The quantitative estimate of drug-likeness (QED) is 0.736. The van der Waals surface area contributed by atoms with Crippen molar-refractivity contribution in [3.05, 3.63) is 16.3 Å². The summed E-state index contributed by atoms with van der Waals surface area (Å²) in [7, 11) is 0. The van der Waals surface area contributed by atoms with E-state index in [0.29, 0.717) is 5.82 Å². The number of amides is 1. The van der Waals surface area contributed by atoms with Crippen molar-refractivity contribution in [2.24, 2.45) is 0 Å². The summed E-state index contributed by atoms with van der Waals surface area (Å²) in [5.74, 6) is -0.895. The normalized spacial score (nSPS) is 18.6. The number of rotatable bonds is 1. The third-order valence-electron chi connectivity index (χ3n) is 2.79. The zero-order valence-corrected chi connectivity index (χ0v) is 11.4. The van der Waals surface area contributed by atoms with Gasteiger partial charge in [-0.1, -0.05) is 0 Å². The Morgan fingerprint density at radius 3 is 2.65 bits per heavy atom. The molecule has 1 aliphatic heterocycles. The lowest BCUT2D eigenvalue weighted by molar-refractivity contribution is -0.144. The van der Waals surface area contributed by atoms with Crippen molar-refractivity contribution in [1.82, 2.24) is 19.7 Å². The molecule has 110 valence electrons. The summed E-state index contributed by atoms with van der Waals surface area (Å²) in [6, 6.07) is -1.16. The highest BCUT2D eigenvalue weighted by atomic mass is 16.6. The molecule has 0 radical (unpaired) electrons. The number of nitrogens with one attached hydrogen (secondary N) is 1. The first-order chi connectivity index (χ1) is 9.19. The van der Waals surface area contributed by atoms with Gasteiger partial charge in [-0.05, 0) is 20.8 Å². The standard InChI is InChI=1S/C11H16N4O5/c1-11(2,3)20-10(19)14-5-7-12-13-9(18)15(7)4-6(14)8(16)17/h6H,4-5H2,1-3H3,(H,13,18)(H,16,17). The summed E-state index contributed by atoms with van der Waals surface area (Å²) in [4.78, 5) is 35.9. The average molecular weight is 284 g/mol. The van der Waals surface area contributed by atoms with Crippen molar-refractivity contribution in [2.45, 2.75) is 45.5 Å². The molecule has 0 aromatic carbocycles. The summed E-state index contributed by atoms with van der Waals surface area (Å²) >= 11 is 0. The monoisotopic (exact) mass is 284 g/mol. The molecule has 9 heteroatoms. The van der Waals surface area contributed by atoms with Gasteiger partial charge in [0.25, 0.3) is 0 Å². The van der Waals surface area contributed by atoms with Crippen molar-refractivity contribution >= 4 is 12.1 Å². The minimum Gasteiger partial charge on any atom is -0.480 e. The van der Waals surface area contributed by atoms with Crippen LogP contribution in [0.5, 0.6) is 0 Å². The highest BCUT2D eigenvalue weighted by Gasteiger charge is 2.38. The van der Waals surface area contributed by atoms with Crippen molar-refractivity contribution < 1.29 is 19.4 Å². The van der Waals surface area contributed by atoms with Gasteiger partial charge in [0, 0.05) is 0 Å². The van der Waals surface area contributed by atoms with Crippen LogP contribution in [0.15, 0.2) is 4.79 Å². The SMILES string of the molecule is CC(C)(C)OC(=O)N1Cc2n[nH]c(=O)n2CC1C(=O)O. The molecule has 1 amide bonds. The molecule has 20 heavy (non-hydrogen) atoms. The van der Waals surface area contributed by atoms with Gasteiger partial charge in [-0.3, -0.25) is 9.47 Å². The van der Waals surface area contributed by atoms with E-state index in [2.05, 4.69) is 10.2 Å². The molecule has 2 N–H and O–H groups in total. The summed E-state index contributed by atoms with van der Waals surface area (Å²) in [6.07, 6.45) is -0.744. The Morgan fingerprint density at radius 1 is 1.45 bits per heavy atom. The number of hydrogen-bond acceptors (Lipinski definition) is 5. The van der Waals surface area contributed by atoms with Crippen LogP contribution < -0.4 is 5.69 Å². The van der Waals surface area contributed by atoms with Gasteiger partial charge in [0.05, 0.1) is 13.1 Å². The van der Waals surface area contributed by atoms with Crippen LogP contribution in [0.1, 0.15) is 26.6 Å². The van der Waals surface area contributed by atoms with Gasteiger partial charge >= 0.3 is 17.8 Å². The maximum absolute atomic E-state index is 12.1. The molecule has 1 atom stereocenters. The lowest BCUT2D eigenvalue weighted by Gasteiger charge is -2.34. The zero-order valence-electron chi connectivity index (χ0n) is 11.4. The first-order valence-corrected chi connectivity index (χ1v) is 6.05. The van der Waals surface area contributed by atoms with E-state index in [-0.39, 0.29) is 13.1 Å². The van der Waals surface area contributed by atoms with Gasteiger partial charge in [0.2, 0.25) is 0 Å². The van der Waals surface area contributed by atoms with Gasteiger partial charge in [0.1, 0.15) is 5.60 Å². The molecule has 1 aliphatic rings. The molecule has 2 heterocycles. The van der Waals surface area contributed by atoms with Crippen LogP contribution >= 0.6 is 0 Å². The van der Waals surface area contributed by atoms with Gasteiger partial charge in [-0.2, -0.15) is 5.10 Å². The average Bonchev–Trinajstić information content (AvgIpc) is 2.67. The molecule has 0 fully saturated rings. The Balaban J connectivity index is 2.29. The van der Waals surface area contributed by atoms with Crippen LogP contribution in [0.4, 0.5) is 4.79 Å². The fraction of sp³-hybridized carbons (Fsp3) is 0.636. The number of carboxylic acids is 1. The molecule has 1 unspecified atom stereocenters. The third-order valence-corrected chi connectivity index (χ3v) is 2.79. The Hall–Kier alpha value is -2.32. The predicted molar refractivity (Wildman–Crippen MR) is 66.0 cm³/mol. The van der Waals surface area contributed by atoms with Crippen LogP contribution in [-0.2, 0) is 22.6 Å². The van der Waals surface area contributed by atoms with E-state index in [0.717, 1.165) is 4.90 Å². The molecule has 0 saturated heterocycles. The number of ether oxygens (including phenoxy) is 1. The molecule has 0 spiro atoms. The molecule has 0 saturated carbocycles. The number of carbonyl (C=O) groups excluding carboxylic acids is 1. The lowest BCUT2D eigenvalue weighted by Crippen LogP contribution is -2.53. The highest BCUT2D eigenvalue weighted by molar-refractivity contribution is 5.80. The number of H-pyrrole nitrogens is 1. The second-order valence-corrected chi connectivity index (χ2v) is 5.52. The summed E-state index contributed by atoms with van der Waals surface area (Å²) in [5.41, 5.74) is -1.22. The molecule has 9 nitrogen and oxygen atoms in total. The molecule has 0 bridgehead atoms. The Labute approximate surface area is 114 Å². The Bertz CT molecular complexity index is 597. The minimum absolute atomic E-state index is 0.0926. The van der Waals surface area contributed by atoms with Crippen LogP contribution in [0.2, 0.25) is 0 Å². The van der Waals surface area contributed by atoms with Crippen molar-refractivity contribution in [3.63, 3.8) is 0 Å². The molecule has 2 rings (SSSR count). The number of hydrogen-bond donors (Lipinski definition) is 2. The van der Waals surface area contributed by atoms with Gasteiger partial charge in [-0.15, -0.1) is 0 Å². The van der Waals surface area contributed by atoms with Crippen LogP contribution in [0, 0.1) is 0 Å². The fourth-order valence-electron chi connectivity index (χ4n) is 1.92. The number of nitrogens with zero attached hydrogens (tertiary/aromatic N) is 3. The fourth-order valence-corrected chi connectivity index (χ4v) is 1.92. The van der Waals surface area contributed by atoms with Gasteiger partial charge in [-0.25, -0.2) is 19.5 Å². The summed E-state index contributed by atoms with van der Waals surface area (Å²) < 4.78 is 6.39. The number of carboxylic acid groups (broad SMARTS) is 1. The minimum atomic E-state index is -1.20. The first-order valence-electron chi connectivity index (χ1n) is 6.05. The summed E-state index contributed by atoms with van der Waals surface area (Å²) in [6.45, 7) is 4.82. The van der Waals surface area contributed by atoms with Crippen molar-refractivity contribution in [2.75, 3.05) is 0 Å². The number of aromatic amines is 1. The van der Waals surface area contributed by atoms with E-state index in [1.54, 1.807) is 20.8 Å². The number of carbonyl (C=O) groups is 2. The Kier molecular flexibility index (Phi) is 3.28. The third kappa shape index (κ3) is 2.65. The molecular formula is C11H16N4O5. The predicted octanol–water partition coefficient (Wildman–Crippen LogP) is -0.225. The second kappa shape index (κ2) is 4.66. The second-order valence-electron chi connectivity index (χ2n) is 5.52. The van der Waals surface area contributed by atoms with Gasteiger partial charge in [0.15, 0.2) is 11.9 Å². The maximum Gasteiger partial charge on any atom is 0.411 e. The smallest absolute Gasteiger partial charge is 0.411 e. The van der Waals surface area contributed by atoms with E-state index in [4.69, 9.17) is 4.74 Å². The van der Waals surface area contributed by atoms with E-state index < -0.39 is 29.4 Å². The maximum atomic E-state index is 12.1.